The van der Waals surface area contributed by atoms with E-state index in [9.17, 15) is 18.0 Å². The van der Waals surface area contributed by atoms with Crippen LogP contribution in [0.4, 0.5) is 11.4 Å². The van der Waals surface area contributed by atoms with Crippen molar-refractivity contribution >= 4 is 39.1 Å². The Morgan fingerprint density at radius 2 is 1.81 bits per heavy atom. The summed E-state index contributed by atoms with van der Waals surface area (Å²) in [5.41, 5.74) is 1.20. The van der Waals surface area contributed by atoms with Crippen molar-refractivity contribution in [1.29, 1.82) is 0 Å². The maximum Gasteiger partial charge on any atom is 0.337 e. The number of nitrogens with one attached hydrogen (secondary N) is 2. The highest BCUT2D eigenvalue weighted by molar-refractivity contribution is 7.90. The molecule has 2 aromatic carbocycles. The van der Waals surface area contributed by atoms with Crippen LogP contribution >= 0.6 is 0 Å². The summed E-state index contributed by atoms with van der Waals surface area (Å²) in [4.78, 5) is 23.6. The van der Waals surface area contributed by atoms with Gasteiger partial charge in [0.1, 0.15) is 10.7 Å². The predicted molar refractivity (Wildman–Crippen MR) is 95.7 cm³/mol. The van der Waals surface area contributed by atoms with Gasteiger partial charge in [0, 0.05) is 5.69 Å². The zero-order valence-corrected chi connectivity index (χ0v) is 14.5. The molecule has 134 valence electrons. The first-order chi connectivity index (χ1) is 12.4. The van der Waals surface area contributed by atoms with Gasteiger partial charge in [0.15, 0.2) is 0 Å². The average Bonchev–Trinajstić information content (AvgIpc) is 2.61. The lowest BCUT2D eigenvalue weighted by atomic mass is 10.2. The molecule has 0 unspecified atom stereocenters. The molecule has 0 saturated carbocycles. The second-order valence-electron chi connectivity index (χ2n) is 5.43. The maximum absolute atomic E-state index is 12.2. The van der Waals surface area contributed by atoms with Gasteiger partial charge < -0.3 is 15.4 Å². The molecule has 1 heterocycles. The first kappa shape index (κ1) is 17.6. The molecule has 0 atom stereocenters. The van der Waals surface area contributed by atoms with Crippen LogP contribution in [0, 0.1) is 0 Å². The molecule has 1 aliphatic rings. The molecule has 8 nitrogen and oxygen atoms in total. The van der Waals surface area contributed by atoms with Crippen LogP contribution < -0.4 is 10.6 Å². The molecular formula is C17H15N3O5S. The largest absolute Gasteiger partial charge is 0.465 e. The lowest BCUT2D eigenvalue weighted by molar-refractivity contribution is -0.115. The number of hydrogen-bond acceptors (Lipinski definition) is 6. The topological polar surface area (TPSA) is 114 Å². The van der Waals surface area contributed by atoms with Gasteiger partial charge in [-0.25, -0.2) is 4.79 Å². The highest BCUT2D eigenvalue weighted by atomic mass is 32.2. The summed E-state index contributed by atoms with van der Waals surface area (Å²) in [7, 11) is -2.55. The van der Waals surface area contributed by atoms with Gasteiger partial charge in [-0.3, -0.25) is 4.79 Å². The quantitative estimate of drug-likeness (QED) is 0.793. The van der Waals surface area contributed by atoms with E-state index in [1.165, 1.54) is 25.3 Å². The van der Waals surface area contributed by atoms with Crippen LogP contribution in [0.25, 0.3) is 0 Å². The number of rotatable bonds is 4. The lowest BCUT2D eigenvalue weighted by Crippen LogP contribution is -2.26. The molecule has 1 aliphatic heterocycles. The second kappa shape index (κ2) is 6.96. The van der Waals surface area contributed by atoms with Crippen molar-refractivity contribution in [2.24, 2.45) is 4.40 Å². The van der Waals surface area contributed by atoms with Crippen LogP contribution in [0.1, 0.15) is 16.8 Å². The number of fused-ring (bicyclic) bond motifs is 1. The van der Waals surface area contributed by atoms with E-state index < -0.39 is 21.9 Å². The maximum atomic E-state index is 12.2. The molecule has 26 heavy (non-hydrogen) atoms. The minimum Gasteiger partial charge on any atom is -0.465 e. The number of carbonyl (C=O) groups is 2. The number of nitrogens with zero attached hydrogens (tertiary/aromatic N) is 1. The second-order valence-corrected chi connectivity index (χ2v) is 7.00. The molecule has 1 amide bonds. The van der Waals surface area contributed by atoms with E-state index in [1.807, 2.05) is 0 Å². The summed E-state index contributed by atoms with van der Waals surface area (Å²) in [5.74, 6) is -0.892. The van der Waals surface area contributed by atoms with Crippen molar-refractivity contribution in [3.8, 4) is 0 Å². The van der Waals surface area contributed by atoms with E-state index in [2.05, 4.69) is 19.8 Å². The fraction of sp³-hybridized carbons (Fsp3) is 0.118. The Morgan fingerprint density at radius 3 is 2.50 bits per heavy atom. The molecule has 2 aromatic rings. The first-order valence-corrected chi connectivity index (χ1v) is 9.01. The highest BCUT2D eigenvalue weighted by Crippen LogP contribution is 2.27. The number of hydrogen-bond donors (Lipinski definition) is 2. The van der Waals surface area contributed by atoms with E-state index in [1.54, 1.807) is 30.3 Å². The molecule has 0 saturated heterocycles. The van der Waals surface area contributed by atoms with Gasteiger partial charge in [0.05, 0.1) is 24.8 Å². The summed E-state index contributed by atoms with van der Waals surface area (Å²) < 4.78 is 32.5. The van der Waals surface area contributed by atoms with Crippen LogP contribution in [0.5, 0.6) is 0 Å². The third-order valence-corrected chi connectivity index (χ3v) is 4.96. The normalized spacial score (nSPS) is 14.4. The minimum atomic E-state index is -3.83. The first-order valence-electron chi connectivity index (χ1n) is 7.57. The van der Waals surface area contributed by atoms with Crippen LogP contribution in [0.3, 0.4) is 0 Å². The fourth-order valence-corrected chi connectivity index (χ4v) is 3.55. The van der Waals surface area contributed by atoms with Crippen molar-refractivity contribution < 1.29 is 22.7 Å². The van der Waals surface area contributed by atoms with E-state index in [-0.39, 0.29) is 17.2 Å². The van der Waals surface area contributed by atoms with Gasteiger partial charge >= 0.3 is 5.97 Å². The Labute approximate surface area is 149 Å². The number of carbonyl (C=O) groups excluding carboxylic acids is 2. The zero-order chi connectivity index (χ0) is 18.7. The Kier molecular flexibility index (Phi) is 4.72. The summed E-state index contributed by atoms with van der Waals surface area (Å²) in [6.45, 7) is 0. The molecule has 0 spiro atoms. The Bertz CT molecular complexity index is 997. The molecule has 0 aliphatic carbocycles. The fourth-order valence-electron chi connectivity index (χ4n) is 2.41. The average molecular weight is 373 g/mol. The van der Waals surface area contributed by atoms with E-state index >= 15 is 0 Å². The number of amides is 1. The molecule has 9 heteroatoms. The van der Waals surface area contributed by atoms with Crippen molar-refractivity contribution in [2.75, 3.05) is 17.7 Å². The van der Waals surface area contributed by atoms with Gasteiger partial charge in [-0.1, -0.05) is 12.1 Å². The zero-order valence-electron chi connectivity index (χ0n) is 13.7. The molecule has 0 fully saturated rings. The third-order valence-electron chi connectivity index (χ3n) is 3.59. The number of benzene rings is 2. The standard InChI is InChI=1S/C17H15N3O5S/c1-25-17(22)11-6-8-12(9-7-11)18-16(21)10-15-19-13-4-2-3-5-14(13)26(23,24)20-15/h2-9H,10H2,1H3,(H,18,21)(H,19,20). The summed E-state index contributed by atoms with van der Waals surface area (Å²) in [5, 5.41) is 5.47. The van der Waals surface area contributed by atoms with Gasteiger partial charge in [0.2, 0.25) is 5.91 Å². The molecular weight excluding hydrogens is 358 g/mol. The van der Waals surface area contributed by atoms with Crippen LogP contribution in [0.2, 0.25) is 0 Å². The lowest BCUT2D eigenvalue weighted by Gasteiger charge is -2.17. The van der Waals surface area contributed by atoms with Crippen molar-refractivity contribution in [3.05, 3.63) is 54.1 Å². The van der Waals surface area contributed by atoms with Crippen molar-refractivity contribution in [3.63, 3.8) is 0 Å². The van der Waals surface area contributed by atoms with Gasteiger partial charge in [-0.05, 0) is 36.4 Å². The van der Waals surface area contributed by atoms with Crippen molar-refractivity contribution in [1.82, 2.24) is 0 Å². The number of sulfonamides is 1. The molecule has 0 bridgehead atoms. The van der Waals surface area contributed by atoms with Crippen LogP contribution in [-0.2, 0) is 19.6 Å². The third kappa shape index (κ3) is 3.72. The van der Waals surface area contributed by atoms with Crippen LogP contribution in [-0.4, -0.2) is 33.2 Å². The van der Waals surface area contributed by atoms with Gasteiger partial charge in [-0.2, -0.15) is 8.42 Å². The smallest absolute Gasteiger partial charge is 0.337 e. The SMILES string of the molecule is COC(=O)c1ccc(NC(=O)CC2=NS(=O)(=O)c3ccccc3N2)cc1. The van der Waals surface area contributed by atoms with Crippen molar-refractivity contribution in [2.45, 2.75) is 11.3 Å². The predicted octanol–water partition coefficient (Wildman–Crippen LogP) is 2.01. The van der Waals surface area contributed by atoms with E-state index in [0.29, 0.717) is 16.9 Å². The summed E-state index contributed by atoms with van der Waals surface area (Å²) in [6.07, 6.45) is -0.244. The highest BCUT2D eigenvalue weighted by Gasteiger charge is 2.25. The van der Waals surface area contributed by atoms with E-state index in [4.69, 9.17) is 0 Å². The number of anilines is 2. The molecule has 0 aromatic heterocycles. The number of ether oxygens (including phenoxy) is 1. The Morgan fingerprint density at radius 1 is 1.12 bits per heavy atom. The molecule has 3 rings (SSSR count). The summed E-state index contributed by atoms with van der Waals surface area (Å²) in [6, 6.07) is 12.5. The number of methoxy groups -OCH3 is 1. The van der Waals surface area contributed by atoms with Gasteiger partial charge in [-0.15, -0.1) is 4.40 Å². The number of para-hydroxylation sites is 1. The van der Waals surface area contributed by atoms with Gasteiger partial charge in [0.25, 0.3) is 10.0 Å². The minimum absolute atomic E-state index is 0.0346. The Balaban J connectivity index is 1.69. The Hall–Kier alpha value is -3.20. The number of esters is 1. The molecule has 0 radical (unpaired) electrons. The monoisotopic (exact) mass is 373 g/mol. The summed E-state index contributed by atoms with van der Waals surface area (Å²) >= 11 is 0. The number of amidine groups is 1. The molecule has 2 N–H and O–H groups in total. The van der Waals surface area contributed by atoms with E-state index in [0.717, 1.165) is 0 Å². The van der Waals surface area contributed by atoms with Crippen LogP contribution in [0.15, 0.2) is 57.8 Å².